The number of benzene rings is 1. The van der Waals surface area contributed by atoms with E-state index in [1.54, 1.807) is 11.8 Å². The van der Waals surface area contributed by atoms with Crippen LogP contribution in [0.5, 0.6) is 0 Å². The molecule has 0 aliphatic heterocycles. The number of rotatable bonds is 5. The van der Waals surface area contributed by atoms with E-state index >= 15 is 0 Å². The average molecular weight is 301 g/mol. The molecule has 3 rings (SSSR count). The second-order valence-corrected chi connectivity index (χ2v) is 5.71. The lowest BCUT2D eigenvalue weighted by atomic mass is 10.1. The molecule has 0 spiro atoms. The van der Waals surface area contributed by atoms with Crippen molar-refractivity contribution in [1.29, 1.82) is 0 Å². The van der Waals surface area contributed by atoms with Crippen LogP contribution in [-0.2, 0) is 0 Å². The topological polar surface area (TPSA) is 71.8 Å². The summed E-state index contributed by atoms with van der Waals surface area (Å²) in [5.74, 6) is 1.34. The fraction of sp³-hybridized carbons (Fsp3) is 0.267. The first kappa shape index (κ1) is 13.9. The third-order valence-corrected chi connectivity index (χ3v) is 4.02. The van der Waals surface area contributed by atoms with Crippen LogP contribution in [0.1, 0.15) is 19.8 Å². The van der Waals surface area contributed by atoms with E-state index in [9.17, 15) is 4.79 Å². The molecule has 2 aromatic heterocycles. The summed E-state index contributed by atoms with van der Waals surface area (Å²) in [7, 11) is 0. The van der Waals surface area contributed by atoms with E-state index in [1.807, 2.05) is 24.3 Å². The zero-order valence-corrected chi connectivity index (χ0v) is 12.4. The van der Waals surface area contributed by atoms with Gasteiger partial charge in [-0.3, -0.25) is 4.79 Å². The highest BCUT2D eigenvalue weighted by molar-refractivity contribution is 7.99. The molecule has 0 radical (unpaired) electrons. The summed E-state index contributed by atoms with van der Waals surface area (Å²) >= 11 is 1.54. The molecule has 6 heteroatoms. The maximum absolute atomic E-state index is 11.7. The largest absolute Gasteiger partial charge is 0.411 e. The molecule has 1 N–H and O–H groups in total. The fourth-order valence-electron chi connectivity index (χ4n) is 2.06. The normalized spacial score (nSPS) is 11.1. The molecular formula is C15H15N3O2S. The number of unbranched alkanes of at least 4 members (excludes halogenated alkanes) is 1. The first-order valence-corrected chi connectivity index (χ1v) is 7.85. The van der Waals surface area contributed by atoms with Crippen LogP contribution in [0, 0.1) is 0 Å². The van der Waals surface area contributed by atoms with E-state index < -0.39 is 0 Å². The maximum atomic E-state index is 11.7. The number of nitrogens with one attached hydrogen (secondary N) is 1. The summed E-state index contributed by atoms with van der Waals surface area (Å²) in [6.45, 7) is 2.14. The van der Waals surface area contributed by atoms with Gasteiger partial charge in [0.1, 0.15) is 0 Å². The molecule has 0 aliphatic rings. The number of thioether (sulfide) groups is 1. The van der Waals surface area contributed by atoms with Gasteiger partial charge in [-0.05, 0) is 12.5 Å². The lowest BCUT2D eigenvalue weighted by Gasteiger charge is -2.01. The third-order valence-electron chi connectivity index (χ3n) is 3.11. The minimum Gasteiger partial charge on any atom is -0.411 e. The Bertz CT molecular complexity index is 810. The predicted molar refractivity (Wildman–Crippen MR) is 83.5 cm³/mol. The molecule has 0 aliphatic carbocycles. The van der Waals surface area contributed by atoms with Gasteiger partial charge in [-0.2, -0.15) is 0 Å². The molecule has 0 amide bonds. The maximum Gasteiger partial charge on any atom is 0.276 e. The van der Waals surface area contributed by atoms with Crippen LogP contribution >= 0.6 is 11.8 Å². The number of aromatic nitrogens is 3. The standard InChI is InChI=1S/C15H15N3O2S/c1-2-3-8-21-15-18-17-14(20-15)11-9-13(19)16-12-7-5-4-6-10(11)12/h4-7,9H,2-3,8H2,1H3,(H,16,19). The van der Waals surface area contributed by atoms with Crippen LogP contribution in [0.15, 0.2) is 44.8 Å². The van der Waals surface area contributed by atoms with Crippen molar-refractivity contribution in [2.75, 3.05) is 5.75 Å². The highest BCUT2D eigenvalue weighted by Crippen LogP contribution is 2.27. The molecule has 3 aromatic rings. The monoisotopic (exact) mass is 301 g/mol. The van der Waals surface area contributed by atoms with Crippen LogP contribution in [0.3, 0.4) is 0 Å². The van der Waals surface area contributed by atoms with E-state index in [-0.39, 0.29) is 5.56 Å². The van der Waals surface area contributed by atoms with Crippen molar-refractivity contribution < 1.29 is 4.42 Å². The Morgan fingerprint density at radius 3 is 3.00 bits per heavy atom. The van der Waals surface area contributed by atoms with Gasteiger partial charge in [-0.1, -0.05) is 43.3 Å². The Morgan fingerprint density at radius 2 is 2.14 bits per heavy atom. The molecule has 21 heavy (non-hydrogen) atoms. The summed E-state index contributed by atoms with van der Waals surface area (Å²) < 4.78 is 5.67. The van der Waals surface area contributed by atoms with Crippen molar-refractivity contribution >= 4 is 22.7 Å². The number of hydrogen-bond donors (Lipinski definition) is 1. The summed E-state index contributed by atoms with van der Waals surface area (Å²) in [4.78, 5) is 14.5. The van der Waals surface area contributed by atoms with Gasteiger partial charge in [0.25, 0.3) is 5.22 Å². The van der Waals surface area contributed by atoms with Crippen LogP contribution < -0.4 is 5.56 Å². The van der Waals surface area contributed by atoms with E-state index in [1.165, 1.54) is 6.07 Å². The van der Waals surface area contributed by atoms with Crippen LogP contribution in [0.2, 0.25) is 0 Å². The van der Waals surface area contributed by atoms with E-state index in [0.29, 0.717) is 16.7 Å². The molecule has 0 fully saturated rings. The number of hydrogen-bond acceptors (Lipinski definition) is 5. The number of pyridine rings is 1. The van der Waals surface area contributed by atoms with Gasteiger partial charge in [0.15, 0.2) is 0 Å². The molecule has 0 saturated heterocycles. The number of fused-ring (bicyclic) bond motifs is 1. The fourth-order valence-corrected chi connectivity index (χ4v) is 2.91. The van der Waals surface area contributed by atoms with Crippen LogP contribution in [-0.4, -0.2) is 20.9 Å². The Morgan fingerprint density at radius 1 is 1.29 bits per heavy atom. The van der Waals surface area contributed by atoms with E-state index in [2.05, 4.69) is 22.1 Å². The summed E-state index contributed by atoms with van der Waals surface area (Å²) in [6, 6.07) is 9.07. The van der Waals surface area contributed by atoms with Gasteiger partial charge in [0.05, 0.1) is 5.56 Å². The third kappa shape index (κ3) is 3.00. The number of aromatic amines is 1. The van der Waals surface area contributed by atoms with Crippen molar-refractivity contribution in [3.8, 4) is 11.5 Å². The van der Waals surface area contributed by atoms with Gasteiger partial charge in [0, 0.05) is 22.7 Å². The number of para-hydroxylation sites is 1. The average Bonchev–Trinajstić information content (AvgIpc) is 2.95. The first-order chi connectivity index (χ1) is 10.3. The second-order valence-electron chi connectivity index (χ2n) is 4.67. The number of H-pyrrole nitrogens is 1. The van der Waals surface area contributed by atoms with Gasteiger partial charge in [-0.25, -0.2) is 0 Å². The Balaban J connectivity index is 1.99. The molecule has 0 saturated carbocycles. The molecule has 5 nitrogen and oxygen atoms in total. The molecule has 108 valence electrons. The number of nitrogens with zero attached hydrogens (tertiary/aromatic N) is 2. The first-order valence-electron chi connectivity index (χ1n) is 6.86. The minimum atomic E-state index is -0.179. The summed E-state index contributed by atoms with van der Waals surface area (Å²) in [6.07, 6.45) is 2.24. The highest BCUT2D eigenvalue weighted by atomic mass is 32.2. The Labute approximate surface area is 125 Å². The lowest BCUT2D eigenvalue weighted by molar-refractivity contribution is 0.466. The van der Waals surface area contributed by atoms with Crippen LogP contribution in [0.4, 0.5) is 0 Å². The predicted octanol–water partition coefficient (Wildman–Crippen LogP) is 3.47. The van der Waals surface area contributed by atoms with Crippen molar-refractivity contribution in [2.24, 2.45) is 0 Å². The van der Waals surface area contributed by atoms with Crippen molar-refractivity contribution in [3.63, 3.8) is 0 Å². The molecular weight excluding hydrogens is 286 g/mol. The minimum absolute atomic E-state index is 0.179. The summed E-state index contributed by atoms with van der Waals surface area (Å²) in [5.41, 5.74) is 1.25. The molecule has 1 aromatic carbocycles. The molecule has 2 heterocycles. The quantitative estimate of drug-likeness (QED) is 0.577. The van der Waals surface area contributed by atoms with Gasteiger partial charge in [0.2, 0.25) is 11.4 Å². The zero-order valence-electron chi connectivity index (χ0n) is 11.6. The summed E-state index contributed by atoms with van der Waals surface area (Å²) in [5, 5.41) is 9.54. The Kier molecular flexibility index (Phi) is 4.06. The van der Waals surface area contributed by atoms with Gasteiger partial charge in [-0.15, -0.1) is 10.2 Å². The molecule has 0 unspecified atom stereocenters. The zero-order chi connectivity index (χ0) is 14.7. The lowest BCUT2D eigenvalue weighted by Crippen LogP contribution is -2.04. The van der Waals surface area contributed by atoms with Gasteiger partial charge < -0.3 is 9.40 Å². The van der Waals surface area contributed by atoms with Crippen molar-refractivity contribution in [2.45, 2.75) is 25.0 Å². The van der Waals surface area contributed by atoms with Crippen molar-refractivity contribution in [1.82, 2.24) is 15.2 Å². The second kappa shape index (κ2) is 6.13. The molecule has 0 atom stereocenters. The van der Waals surface area contributed by atoms with Gasteiger partial charge >= 0.3 is 0 Å². The highest BCUT2D eigenvalue weighted by Gasteiger charge is 2.13. The Hall–Kier alpha value is -2.08. The van der Waals surface area contributed by atoms with Crippen LogP contribution in [0.25, 0.3) is 22.4 Å². The molecule has 0 bridgehead atoms. The SMILES string of the molecule is CCCCSc1nnc(-c2cc(=O)[nH]c3ccccc23)o1. The van der Waals surface area contributed by atoms with E-state index in [0.717, 1.165) is 29.5 Å². The van der Waals surface area contributed by atoms with Crippen molar-refractivity contribution in [3.05, 3.63) is 40.7 Å². The van der Waals surface area contributed by atoms with E-state index in [4.69, 9.17) is 4.42 Å². The smallest absolute Gasteiger partial charge is 0.276 e.